The summed E-state index contributed by atoms with van der Waals surface area (Å²) in [7, 11) is 0. The van der Waals surface area contributed by atoms with Gasteiger partial charge < -0.3 is 45.9 Å². The van der Waals surface area contributed by atoms with Gasteiger partial charge in [-0.2, -0.15) is 0 Å². The summed E-state index contributed by atoms with van der Waals surface area (Å²) in [5.41, 5.74) is 6.25. The molecule has 0 heterocycles. The largest absolute Gasteiger partial charge is 1.00 e. The van der Waals surface area contributed by atoms with Gasteiger partial charge in [-0.25, -0.2) is 4.79 Å². The van der Waals surface area contributed by atoms with Crippen molar-refractivity contribution in [3.63, 3.8) is 0 Å². The van der Waals surface area contributed by atoms with Crippen molar-refractivity contribution in [2.45, 2.75) is 105 Å². The van der Waals surface area contributed by atoms with Crippen molar-refractivity contribution in [2.75, 3.05) is 0 Å². The summed E-state index contributed by atoms with van der Waals surface area (Å²) in [6.45, 7) is 17.6. The fourth-order valence-electron chi connectivity index (χ4n) is 5.41. The average molecular weight is 634 g/mol. The third-order valence-corrected chi connectivity index (χ3v) is 8.38. The van der Waals surface area contributed by atoms with Gasteiger partial charge in [-0.05, 0) is 19.3 Å². The molecule has 13 atom stereocenters. The Morgan fingerprint density at radius 2 is 1.41 bits per heavy atom. The van der Waals surface area contributed by atoms with Crippen LogP contribution >= 0.6 is 0 Å². The Morgan fingerprint density at radius 3 is 1.91 bits per heavy atom. The molecule has 248 valence electrons. The molecule has 0 spiro atoms. The molecule has 0 aliphatic carbocycles. The number of ether oxygens (including phenoxy) is 1. The Hall–Kier alpha value is -1.50. The van der Waals surface area contributed by atoms with Crippen LogP contribution in [0.25, 0.3) is 0 Å². The van der Waals surface area contributed by atoms with E-state index in [1.165, 1.54) is 19.9 Å². The standard InChI is InChI=1S/C33H57NO9.Na/c1-10-11-12-20(4)31(43-33(34)42)24(8)29(38)22(6)16-18(2)15-21(5)28(37)19(3)13-14-26(35)17-27(36)23(7)30(39)25(9)32(40)41;/h10-15,19-31,35-39H,1,16-17H2,2-9H3,(H2,34,42)(H,40,41);/q;+1/p-1/b12-11-,14-13-,18-15-;/t19-,20-,21-,22?,23?,24?,25?,26+,27-,28-,29?,30?,31?;/m0./s1. The molecule has 0 radical (unpaired) electrons. The first-order chi connectivity index (χ1) is 19.8. The fourth-order valence-corrected chi connectivity index (χ4v) is 5.41. The molecule has 0 saturated carbocycles. The minimum atomic E-state index is -1.42. The van der Waals surface area contributed by atoms with Crippen LogP contribution in [0.2, 0.25) is 0 Å². The molecule has 7 unspecified atom stereocenters. The van der Waals surface area contributed by atoms with Gasteiger partial charge in [0.15, 0.2) is 0 Å². The maximum atomic E-state index is 11.5. The number of allylic oxidation sites excluding steroid dienone is 3. The number of aliphatic hydroxyl groups excluding tert-OH is 5. The summed E-state index contributed by atoms with van der Waals surface area (Å²) < 4.78 is 5.34. The first-order valence-electron chi connectivity index (χ1n) is 15.1. The van der Waals surface area contributed by atoms with Crippen LogP contribution in [-0.4, -0.2) is 74.2 Å². The predicted octanol–water partition coefficient (Wildman–Crippen LogP) is -0.514. The van der Waals surface area contributed by atoms with Gasteiger partial charge in [-0.3, -0.25) is 0 Å². The van der Waals surface area contributed by atoms with Crippen LogP contribution in [-0.2, 0) is 9.53 Å². The van der Waals surface area contributed by atoms with Crippen LogP contribution in [0.3, 0.4) is 0 Å². The van der Waals surface area contributed by atoms with Crippen molar-refractivity contribution in [1.82, 2.24) is 0 Å². The van der Waals surface area contributed by atoms with Crippen molar-refractivity contribution in [1.29, 1.82) is 0 Å². The topological polar surface area (TPSA) is 194 Å². The molecule has 0 aromatic carbocycles. The molecule has 0 aliphatic heterocycles. The molecule has 0 aromatic rings. The van der Waals surface area contributed by atoms with Gasteiger partial charge in [0.2, 0.25) is 0 Å². The first-order valence-corrected chi connectivity index (χ1v) is 15.1. The van der Waals surface area contributed by atoms with Gasteiger partial charge in [0.05, 0.1) is 30.5 Å². The number of rotatable bonds is 20. The first kappa shape index (κ1) is 44.6. The summed E-state index contributed by atoms with van der Waals surface area (Å²) in [5.74, 6) is -4.75. The number of amides is 1. The van der Waals surface area contributed by atoms with E-state index in [1.807, 2.05) is 46.8 Å². The van der Waals surface area contributed by atoms with Crippen molar-refractivity contribution in [2.24, 2.45) is 47.2 Å². The van der Waals surface area contributed by atoms with E-state index >= 15 is 0 Å². The van der Waals surface area contributed by atoms with E-state index in [9.17, 15) is 40.2 Å². The molecule has 0 aromatic heterocycles. The average Bonchev–Trinajstić information content (AvgIpc) is 2.94. The van der Waals surface area contributed by atoms with Gasteiger partial charge >= 0.3 is 35.7 Å². The van der Waals surface area contributed by atoms with E-state index in [1.54, 1.807) is 25.2 Å². The van der Waals surface area contributed by atoms with Crippen molar-refractivity contribution in [3.8, 4) is 0 Å². The van der Waals surface area contributed by atoms with E-state index in [-0.39, 0.29) is 59.6 Å². The zero-order chi connectivity index (χ0) is 33.6. The molecule has 11 heteroatoms. The fraction of sp³-hybridized carbons (Fsp3) is 0.697. The number of hydrogen-bond acceptors (Lipinski definition) is 9. The van der Waals surface area contributed by atoms with Crippen molar-refractivity contribution < 1.29 is 74.5 Å². The summed E-state index contributed by atoms with van der Waals surface area (Å²) in [5, 5.41) is 63.8. The maximum Gasteiger partial charge on any atom is 1.00 e. The number of carboxylic acid groups (broad SMARTS) is 1. The molecule has 1 amide bonds. The summed E-state index contributed by atoms with van der Waals surface area (Å²) in [4.78, 5) is 22.5. The zero-order valence-corrected chi connectivity index (χ0v) is 30.0. The predicted molar refractivity (Wildman–Crippen MR) is 165 cm³/mol. The summed E-state index contributed by atoms with van der Waals surface area (Å²) >= 11 is 0. The molecule has 0 bridgehead atoms. The second-order valence-corrected chi connectivity index (χ2v) is 12.3. The minimum Gasteiger partial charge on any atom is -0.550 e. The molecular formula is C33H56NNaO9. The number of primary amides is 1. The van der Waals surface area contributed by atoms with E-state index < -0.39 is 66.4 Å². The second kappa shape index (κ2) is 22.1. The van der Waals surface area contributed by atoms with Gasteiger partial charge in [0.1, 0.15) is 6.10 Å². The normalized spacial score (nSPS) is 21.4. The Bertz CT molecular complexity index is 956. The summed E-state index contributed by atoms with van der Waals surface area (Å²) in [6, 6.07) is 0. The smallest absolute Gasteiger partial charge is 0.550 e. The number of aliphatic hydroxyl groups is 5. The summed E-state index contributed by atoms with van der Waals surface area (Å²) in [6.07, 6.45) is 4.07. The van der Waals surface area contributed by atoms with Crippen LogP contribution in [0.5, 0.6) is 0 Å². The SMILES string of the molecule is C=C/C=C\[C@H](C)C(OC(N)=O)C(C)C(O)C(C)C/C(C)=C\[C@H](C)[C@@H](O)[C@@H](C)/C=C\[C@@H](O)C[C@H](O)C(C)C(O)C(C)C(=O)[O-].[Na+]. The Balaban J connectivity index is 0. The number of nitrogens with two attached hydrogens (primary N) is 1. The number of hydrogen-bond donors (Lipinski definition) is 6. The molecular weight excluding hydrogens is 577 g/mol. The number of carbonyl (C=O) groups excluding carboxylic acids is 2. The van der Waals surface area contributed by atoms with E-state index in [4.69, 9.17) is 10.5 Å². The van der Waals surface area contributed by atoms with E-state index in [2.05, 4.69) is 6.58 Å². The maximum absolute atomic E-state index is 11.5. The third-order valence-electron chi connectivity index (χ3n) is 8.38. The van der Waals surface area contributed by atoms with Crippen LogP contribution in [0, 0.1) is 41.4 Å². The molecule has 0 aliphatic rings. The molecule has 0 fully saturated rings. The molecule has 0 saturated heterocycles. The van der Waals surface area contributed by atoms with Gasteiger partial charge in [-0.15, -0.1) is 0 Å². The van der Waals surface area contributed by atoms with Crippen LogP contribution < -0.4 is 40.4 Å². The van der Waals surface area contributed by atoms with E-state index in [0.717, 1.165) is 5.57 Å². The number of carbonyl (C=O) groups is 2. The molecule has 7 N–H and O–H groups in total. The third kappa shape index (κ3) is 15.7. The van der Waals surface area contributed by atoms with Crippen LogP contribution in [0.4, 0.5) is 4.79 Å². The van der Waals surface area contributed by atoms with Gasteiger partial charge in [0.25, 0.3) is 0 Å². The van der Waals surface area contributed by atoms with Gasteiger partial charge in [0, 0.05) is 47.9 Å². The minimum absolute atomic E-state index is 0. The van der Waals surface area contributed by atoms with E-state index in [0.29, 0.717) is 6.42 Å². The van der Waals surface area contributed by atoms with Crippen LogP contribution in [0.1, 0.15) is 68.2 Å². The molecule has 0 rings (SSSR count). The number of aliphatic carboxylic acids is 1. The zero-order valence-electron chi connectivity index (χ0n) is 28.0. The monoisotopic (exact) mass is 633 g/mol. The Labute approximate surface area is 286 Å². The van der Waals surface area contributed by atoms with Gasteiger partial charge in [-0.1, -0.05) is 97.1 Å². The number of carboxylic acids is 1. The Kier molecular flexibility index (Phi) is 22.4. The van der Waals surface area contributed by atoms with Crippen LogP contribution in [0.15, 0.2) is 48.6 Å². The quantitative estimate of drug-likeness (QED) is 0.0582. The molecule has 44 heavy (non-hydrogen) atoms. The van der Waals surface area contributed by atoms with Crippen molar-refractivity contribution in [3.05, 3.63) is 48.6 Å². The second-order valence-electron chi connectivity index (χ2n) is 12.3. The Morgan fingerprint density at radius 1 is 0.841 bits per heavy atom. The van der Waals surface area contributed by atoms with Crippen molar-refractivity contribution >= 4 is 12.1 Å². The molecule has 10 nitrogen and oxygen atoms in total.